The van der Waals surface area contributed by atoms with Gasteiger partial charge in [0.1, 0.15) is 11.5 Å². The Morgan fingerprint density at radius 2 is 1.58 bits per heavy atom. The molecule has 5 nitrogen and oxygen atoms in total. The van der Waals surface area contributed by atoms with Crippen LogP contribution in [0.2, 0.25) is 0 Å². The third-order valence-corrected chi connectivity index (χ3v) is 4.55. The summed E-state index contributed by atoms with van der Waals surface area (Å²) in [5.41, 5.74) is 2.41. The van der Waals surface area contributed by atoms with Crippen molar-refractivity contribution in [1.82, 2.24) is 10.2 Å². The van der Waals surface area contributed by atoms with Crippen molar-refractivity contribution in [3.63, 3.8) is 0 Å². The number of nitrogens with zero attached hydrogens (tertiary/aromatic N) is 1. The van der Waals surface area contributed by atoms with Gasteiger partial charge in [0.05, 0.1) is 7.11 Å². The van der Waals surface area contributed by atoms with E-state index >= 15 is 0 Å². The molecule has 0 radical (unpaired) electrons. The van der Waals surface area contributed by atoms with E-state index in [4.69, 9.17) is 9.47 Å². The highest BCUT2D eigenvalue weighted by molar-refractivity contribution is 5.77. The fraction of sp³-hybridized carbons (Fsp3) is 0.381. The van der Waals surface area contributed by atoms with Crippen LogP contribution in [0, 0.1) is 0 Å². The van der Waals surface area contributed by atoms with E-state index in [9.17, 15) is 4.79 Å². The summed E-state index contributed by atoms with van der Waals surface area (Å²) >= 11 is 0. The number of nitrogens with one attached hydrogen (secondary N) is 1. The van der Waals surface area contributed by atoms with Crippen molar-refractivity contribution < 1.29 is 14.3 Å². The van der Waals surface area contributed by atoms with Gasteiger partial charge < -0.3 is 14.8 Å². The zero-order valence-electron chi connectivity index (χ0n) is 15.2. The number of ether oxygens (including phenoxy) is 2. The molecule has 0 spiro atoms. The van der Waals surface area contributed by atoms with E-state index < -0.39 is 0 Å². The Bertz CT molecular complexity index is 692. The van der Waals surface area contributed by atoms with E-state index in [1.165, 1.54) is 31.5 Å². The molecule has 1 aliphatic heterocycles. The van der Waals surface area contributed by atoms with E-state index in [1.54, 1.807) is 31.4 Å². The van der Waals surface area contributed by atoms with Crippen LogP contribution in [-0.2, 0) is 17.9 Å². The number of amides is 1. The van der Waals surface area contributed by atoms with Gasteiger partial charge in [0.25, 0.3) is 5.91 Å². The molecule has 1 amide bonds. The number of methoxy groups -OCH3 is 1. The minimum Gasteiger partial charge on any atom is -0.497 e. The molecule has 0 aliphatic carbocycles. The minimum absolute atomic E-state index is 0.000623. The van der Waals surface area contributed by atoms with Crippen LogP contribution >= 0.6 is 0 Å². The van der Waals surface area contributed by atoms with E-state index in [0.717, 1.165) is 17.9 Å². The van der Waals surface area contributed by atoms with Crippen molar-refractivity contribution in [2.75, 3.05) is 26.8 Å². The fourth-order valence-electron chi connectivity index (χ4n) is 3.03. The number of likely N-dealkylation sites (tertiary alicyclic amines) is 1. The summed E-state index contributed by atoms with van der Waals surface area (Å²) in [6.45, 7) is 3.93. The van der Waals surface area contributed by atoms with Crippen molar-refractivity contribution in [3.8, 4) is 11.5 Å². The number of carbonyl (C=O) groups excluding carboxylic acids is 1. The summed E-state index contributed by atoms with van der Waals surface area (Å²) in [5, 5.41) is 2.89. The largest absolute Gasteiger partial charge is 0.497 e. The van der Waals surface area contributed by atoms with Crippen LogP contribution < -0.4 is 14.8 Å². The average molecular weight is 354 g/mol. The van der Waals surface area contributed by atoms with Crippen molar-refractivity contribution >= 4 is 5.91 Å². The molecule has 1 aliphatic rings. The molecule has 0 bridgehead atoms. The summed E-state index contributed by atoms with van der Waals surface area (Å²) in [7, 11) is 1.61. The lowest BCUT2D eigenvalue weighted by atomic mass is 10.1. The number of hydrogen-bond donors (Lipinski definition) is 1. The first kappa shape index (κ1) is 18.3. The molecule has 1 saturated heterocycles. The second kappa shape index (κ2) is 9.25. The molecular weight excluding hydrogens is 328 g/mol. The summed E-state index contributed by atoms with van der Waals surface area (Å²) < 4.78 is 10.6. The van der Waals surface area contributed by atoms with E-state index in [-0.39, 0.29) is 12.5 Å². The van der Waals surface area contributed by atoms with Crippen LogP contribution in [0.3, 0.4) is 0 Å². The third-order valence-electron chi connectivity index (χ3n) is 4.55. The maximum absolute atomic E-state index is 11.9. The van der Waals surface area contributed by atoms with Gasteiger partial charge in [0.15, 0.2) is 6.61 Å². The van der Waals surface area contributed by atoms with Crippen LogP contribution in [0.1, 0.15) is 24.0 Å². The Balaban J connectivity index is 1.39. The zero-order chi connectivity index (χ0) is 18.2. The van der Waals surface area contributed by atoms with E-state index in [1.807, 2.05) is 0 Å². The first-order chi connectivity index (χ1) is 12.7. The maximum Gasteiger partial charge on any atom is 0.258 e. The Morgan fingerprint density at radius 1 is 0.962 bits per heavy atom. The molecule has 1 N–H and O–H groups in total. The van der Waals surface area contributed by atoms with Gasteiger partial charge in [-0.25, -0.2) is 0 Å². The molecule has 5 heteroatoms. The molecule has 0 atom stereocenters. The quantitative estimate of drug-likeness (QED) is 0.792. The van der Waals surface area contributed by atoms with Crippen LogP contribution in [0.15, 0.2) is 48.5 Å². The molecular formula is C21H26N2O3. The molecule has 2 aromatic carbocycles. The highest BCUT2D eigenvalue weighted by Gasteiger charge is 2.11. The fourth-order valence-corrected chi connectivity index (χ4v) is 3.03. The summed E-state index contributed by atoms with van der Waals surface area (Å²) in [5.74, 6) is 1.27. The van der Waals surface area contributed by atoms with Gasteiger partial charge in [-0.2, -0.15) is 0 Å². The maximum atomic E-state index is 11.9. The van der Waals surface area contributed by atoms with Crippen molar-refractivity contribution in [2.24, 2.45) is 0 Å². The topological polar surface area (TPSA) is 50.8 Å². The normalized spacial score (nSPS) is 14.2. The zero-order valence-corrected chi connectivity index (χ0v) is 15.2. The van der Waals surface area contributed by atoms with Crippen LogP contribution in [-0.4, -0.2) is 37.6 Å². The lowest BCUT2D eigenvalue weighted by Crippen LogP contribution is -2.28. The van der Waals surface area contributed by atoms with Crippen LogP contribution in [0.25, 0.3) is 0 Å². The van der Waals surface area contributed by atoms with Gasteiger partial charge in [-0.1, -0.05) is 24.3 Å². The molecule has 138 valence electrons. The smallest absolute Gasteiger partial charge is 0.258 e. The highest BCUT2D eigenvalue weighted by atomic mass is 16.5. The van der Waals surface area contributed by atoms with Crippen molar-refractivity contribution in [3.05, 3.63) is 59.7 Å². The first-order valence-electron chi connectivity index (χ1n) is 9.06. The molecule has 3 rings (SSSR count). The van der Waals surface area contributed by atoms with Gasteiger partial charge >= 0.3 is 0 Å². The lowest BCUT2D eigenvalue weighted by Gasteiger charge is -2.14. The monoisotopic (exact) mass is 354 g/mol. The Labute approximate surface area is 154 Å². The summed E-state index contributed by atoms with van der Waals surface area (Å²) in [6.07, 6.45) is 2.62. The average Bonchev–Trinajstić information content (AvgIpc) is 3.19. The predicted molar refractivity (Wildman–Crippen MR) is 101 cm³/mol. The summed E-state index contributed by atoms with van der Waals surface area (Å²) in [4.78, 5) is 14.4. The van der Waals surface area contributed by atoms with Gasteiger partial charge in [0.2, 0.25) is 0 Å². The van der Waals surface area contributed by atoms with Crippen LogP contribution in [0.5, 0.6) is 11.5 Å². The molecule has 26 heavy (non-hydrogen) atoms. The SMILES string of the molecule is COc1ccc(OCC(=O)NCc2ccc(CN3CCCC3)cc2)cc1. The standard InChI is InChI=1S/C21H26N2O3/c1-25-19-8-10-20(11-9-19)26-16-21(24)22-14-17-4-6-18(7-5-17)15-23-12-2-3-13-23/h4-11H,2-3,12-16H2,1H3,(H,22,24). The number of carbonyl (C=O) groups is 1. The Kier molecular flexibility index (Phi) is 6.50. The van der Waals surface area contributed by atoms with Gasteiger partial charge in [-0.3, -0.25) is 9.69 Å². The summed E-state index contributed by atoms with van der Waals surface area (Å²) in [6, 6.07) is 15.6. The van der Waals surface area contributed by atoms with E-state index in [0.29, 0.717) is 12.3 Å². The lowest BCUT2D eigenvalue weighted by molar-refractivity contribution is -0.123. The molecule has 2 aromatic rings. The Hall–Kier alpha value is -2.53. The highest BCUT2D eigenvalue weighted by Crippen LogP contribution is 2.17. The van der Waals surface area contributed by atoms with E-state index in [2.05, 4.69) is 34.5 Å². The van der Waals surface area contributed by atoms with Crippen molar-refractivity contribution in [1.29, 1.82) is 0 Å². The van der Waals surface area contributed by atoms with Gasteiger partial charge in [-0.15, -0.1) is 0 Å². The van der Waals surface area contributed by atoms with Gasteiger partial charge in [-0.05, 0) is 61.3 Å². The van der Waals surface area contributed by atoms with Crippen LogP contribution in [0.4, 0.5) is 0 Å². The second-order valence-electron chi connectivity index (χ2n) is 6.54. The minimum atomic E-state index is -0.137. The van der Waals surface area contributed by atoms with Gasteiger partial charge in [0, 0.05) is 13.1 Å². The molecule has 1 fully saturated rings. The third kappa shape index (κ3) is 5.49. The number of rotatable bonds is 8. The predicted octanol–water partition coefficient (Wildman–Crippen LogP) is 2.99. The Morgan fingerprint density at radius 3 is 2.23 bits per heavy atom. The molecule has 0 saturated carbocycles. The number of benzene rings is 2. The first-order valence-corrected chi connectivity index (χ1v) is 9.06. The molecule has 0 unspecified atom stereocenters. The molecule has 0 aromatic heterocycles. The van der Waals surface area contributed by atoms with Crippen molar-refractivity contribution in [2.45, 2.75) is 25.9 Å². The molecule has 1 heterocycles. The number of hydrogen-bond acceptors (Lipinski definition) is 4. The second-order valence-corrected chi connectivity index (χ2v) is 6.54.